The van der Waals surface area contributed by atoms with Crippen LogP contribution in [0.2, 0.25) is 0 Å². The van der Waals surface area contributed by atoms with Gasteiger partial charge in [0, 0.05) is 17.3 Å². The number of carbonyl (C=O) groups is 1. The minimum absolute atomic E-state index is 0.0313. The molecule has 23 heavy (non-hydrogen) atoms. The van der Waals surface area contributed by atoms with Gasteiger partial charge in [-0.15, -0.1) is 10.2 Å². The quantitative estimate of drug-likeness (QED) is 0.723. The van der Waals surface area contributed by atoms with E-state index in [1.807, 2.05) is 0 Å². The van der Waals surface area contributed by atoms with Crippen LogP contribution in [0, 0.1) is 12.7 Å². The van der Waals surface area contributed by atoms with Crippen LogP contribution >= 0.6 is 11.8 Å². The molecule has 2 heterocycles. The molecule has 0 saturated heterocycles. The molecule has 0 spiro atoms. The van der Waals surface area contributed by atoms with Crippen LogP contribution in [0.1, 0.15) is 11.4 Å². The average molecular weight is 331 g/mol. The van der Waals surface area contributed by atoms with Gasteiger partial charge in [0.1, 0.15) is 18.2 Å². The van der Waals surface area contributed by atoms with Gasteiger partial charge in [-0.05, 0) is 30.7 Å². The number of halogens is 1. The number of nitrogens with zero attached hydrogens (tertiary/aromatic N) is 4. The van der Waals surface area contributed by atoms with Crippen LogP contribution in [0.15, 0.2) is 35.6 Å². The zero-order valence-corrected chi connectivity index (χ0v) is 13.2. The molecular formula is C15H14FN5OS. The molecule has 8 heteroatoms. The highest BCUT2D eigenvalue weighted by molar-refractivity contribution is 7.98. The number of nitrogens with two attached hydrogens (primary N) is 1. The van der Waals surface area contributed by atoms with Crippen molar-refractivity contribution in [1.29, 1.82) is 0 Å². The van der Waals surface area contributed by atoms with Crippen molar-refractivity contribution in [1.82, 2.24) is 19.7 Å². The first-order valence-electron chi connectivity index (χ1n) is 6.89. The first-order chi connectivity index (χ1) is 11.1. The molecule has 0 aliphatic heterocycles. The maximum absolute atomic E-state index is 13.8. The average Bonchev–Trinajstić information content (AvgIpc) is 2.87. The first kappa shape index (κ1) is 15.4. The molecule has 0 aliphatic carbocycles. The molecule has 6 nitrogen and oxygen atoms in total. The number of aryl methyl sites for hydroxylation is 1. The first-order valence-corrected chi connectivity index (χ1v) is 7.88. The fourth-order valence-electron chi connectivity index (χ4n) is 2.26. The summed E-state index contributed by atoms with van der Waals surface area (Å²) < 4.78 is 15.5. The van der Waals surface area contributed by atoms with Gasteiger partial charge < -0.3 is 5.73 Å². The topological polar surface area (TPSA) is 86.7 Å². The normalized spacial score (nSPS) is 11.0. The van der Waals surface area contributed by atoms with E-state index in [0.717, 1.165) is 5.56 Å². The second-order valence-electron chi connectivity index (χ2n) is 4.98. The van der Waals surface area contributed by atoms with Crippen molar-refractivity contribution in [2.75, 3.05) is 0 Å². The van der Waals surface area contributed by atoms with Crippen LogP contribution < -0.4 is 5.73 Å². The summed E-state index contributed by atoms with van der Waals surface area (Å²) in [5.74, 6) is 0.400. The highest BCUT2D eigenvalue weighted by Crippen LogP contribution is 2.27. The number of hydrogen-bond donors (Lipinski definition) is 1. The molecule has 1 amide bonds. The van der Waals surface area contributed by atoms with E-state index in [0.29, 0.717) is 27.6 Å². The van der Waals surface area contributed by atoms with E-state index in [-0.39, 0.29) is 12.4 Å². The summed E-state index contributed by atoms with van der Waals surface area (Å²) in [6.07, 6.45) is 1.63. The Morgan fingerprint density at radius 3 is 2.96 bits per heavy atom. The van der Waals surface area contributed by atoms with E-state index in [2.05, 4.69) is 15.2 Å². The molecule has 0 bridgehead atoms. The summed E-state index contributed by atoms with van der Waals surface area (Å²) in [7, 11) is 0. The van der Waals surface area contributed by atoms with Gasteiger partial charge in [-0.25, -0.2) is 4.39 Å². The van der Waals surface area contributed by atoms with Gasteiger partial charge in [0.05, 0.1) is 5.52 Å². The fourth-order valence-corrected chi connectivity index (χ4v) is 3.23. The zero-order valence-electron chi connectivity index (χ0n) is 12.4. The molecule has 1 aromatic carbocycles. The van der Waals surface area contributed by atoms with Gasteiger partial charge in [0.25, 0.3) is 0 Å². The largest absolute Gasteiger partial charge is 0.368 e. The van der Waals surface area contributed by atoms with Gasteiger partial charge >= 0.3 is 0 Å². The molecule has 0 saturated carbocycles. The molecular weight excluding hydrogens is 317 g/mol. The van der Waals surface area contributed by atoms with Crippen LogP contribution in [0.4, 0.5) is 4.39 Å². The summed E-state index contributed by atoms with van der Waals surface area (Å²) in [6.45, 7) is 1.79. The molecule has 2 aromatic heterocycles. The minimum atomic E-state index is -0.455. The van der Waals surface area contributed by atoms with Gasteiger partial charge in [-0.3, -0.25) is 14.3 Å². The Hall–Kier alpha value is -2.48. The van der Waals surface area contributed by atoms with E-state index in [4.69, 9.17) is 5.73 Å². The SMILES string of the molecule is Cc1nnc(SCc2ccc(F)c3cccnc23)n1CC(N)=O. The Morgan fingerprint density at radius 2 is 2.17 bits per heavy atom. The van der Waals surface area contributed by atoms with E-state index >= 15 is 0 Å². The summed E-state index contributed by atoms with van der Waals surface area (Å²) in [5, 5.41) is 9.10. The highest BCUT2D eigenvalue weighted by atomic mass is 32.2. The summed E-state index contributed by atoms with van der Waals surface area (Å²) in [5.41, 5.74) is 6.75. The number of pyridine rings is 1. The molecule has 0 aliphatic rings. The third-order valence-electron chi connectivity index (χ3n) is 3.37. The smallest absolute Gasteiger partial charge is 0.237 e. The molecule has 0 fully saturated rings. The maximum Gasteiger partial charge on any atom is 0.237 e. The van der Waals surface area contributed by atoms with Gasteiger partial charge in [-0.1, -0.05) is 17.8 Å². The van der Waals surface area contributed by atoms with Gasteiger partial charge in [0.15, 0.2) is 5.16 Å². The zero-order chi connectivity index (χ0) is 16.4. The van der Waals surface area contributed by atoms with Crippen LogP contribution in [0.5, 0.6) is 0 Å². The fraction of sp³-hybridized carbons (Fsp3) is 0.200. The molecule has 0 unspecified atom stereocenters. The predicted molar refractivity (Wildman–Crippen MR) is 85.2 cm³/mol. The second-order valence-corrected chi connectivity index (χ2v) is 5.92. The molecule has 3 aromatic rings. The van der Waals surface area contributed by atoms with E-state index in [9.17, 15) is 9.18 Å². The lowest BCUT2D eigenvalue weighted by Gasteiger charge is -2.08. The van der Waals surface area contributed by atoms with Crippen molar-refractivity contribution in [2.24, 2.45) is 5.73 Å². The lowest BCUT2D eigenvalue weighted by atomic mass is 10.1. The maximum atomic E-state index is 13.8. The monoisotopic (exact) mass is 331 g/mol. The standard InChI is InChI=1S/C15H14FN5OS/c1-9-19-20-15(21(9)7-13(17)22)23-8-10-4-5-12(16)11-3-2-6-18-14(10)11/h2-6H,7-8H2,1H3,(H2,17,22). The summed E-state index contributed by atoms with van der Waals surface area (Å²) in [4.78, 5) is 15.4. The number of thioether (sulfide) groups is 1. The Balaban J connectivity index is 1.87. The Bertz CT molecular complexity index is 879. The van der Waals surface area contributed by atoms with Crippen molar-refractivity contribution in [3.8, 4) is 0 Å². The Labute approximate surface area is 135 Å². The number of benzene rings is 1. The van der Waals surface area contributed by atoms with Crippen LogP contribution in [-0.2, 0) is 17.1 Å². The van der Waals surface area contributed by atoms with E-state index in [1.54, 1.807) is 35.9 Å². The third-order valence-corrected chi connectivity index (χ3v) is 4.39. The van der Waals surface area contributed by atoms with Crippen molar-refractivity contribution in [3.63, 3.8) is 0 Å². The number of rotatable bonds is 5. The van der Waals surface area contributed by atoms with Crippen molar-refractivity contribution in [2.45, 2.75) is 24.4 Å². The number of fused-ring (bicyclic) bond motifs is 1. The van der Waals surface area contributed by atoms with Gasteiger partial charge in [0.2, 0.25) is 5.91 Å². The predicted octanol–water partition coefficient (Wildman–Crippen LogP) is 2.05. The lowest BCUT2D eigenvalue weighted by molar-refractivity contribution is -0.118. The summed E-state index contributed by atoms with van der Waals surface area (Å²) >= 11 is 1.40. The molecule has 0 radical (unpaired) electrons. The molecule has 0 atom stereocenters. The van der Waals surface area contributed by atoms with Crippen molar-refractivity contribution in [3.05, 3.63) is 47.7 Å². The molecule has 118 valence electrons. The van der Waals surface area contributed by atoms with Crippen LogP contribution in [0.25, 0.3) is 10.9 Å². The Morgan fingerprint density at radius 1 is 1.35 bits per heavy atom. The summed E-state index contributed by atoms with van der Waals surface area (Å²) in [6, 6.07) is 6.54. The van der Waals surface area contributed by atoms with Crippen LogP contribution in [-0.4, -0.2) is 25.7 Å². The van der Waals surface area contributed by atoms with E-state index in [1.165, 1.54) is 17.8 Å². The number of carbonyl (C=O) groups excluding carboxylic acids is 1. The highest BCUT2D eigenvalue weighted by Gasteiger charge is 2.13. The number of hydrogen-bond acceptors (Lipinski definition) is 5. The van der Waals surface area contributed by atoms with Crippen molar-refractivity contribution < 1.29 is 9.18 Å². The Kier molecular flexibility index (Phi) is 4.24. The molecule has 3 rings (SSSR count). The number of primary amides is 1. The third kappa shape index (κ3) is 3.16. The van der Waals surface area contributed by atoms with Crippen LogP contribution in [0.3, 0.4) is 0 Å². The van der Waals surface area contributed by atoms with Crippen molar-refractivity contribution >= 4 is 28.6 Å². The molecule has 2 N–H and O–H groups in total. The second kappa shape index (κ2) is 6.33. The minimum Gasteiger partial charge on any atom is -0.368 e. The number of aromatic nitrogens is 4. The van der Waals surface area contributed by atoms with Gasteiger partial charge in [-0.2, -0.15) is 0 Å². The van der Waals surface area contributed by atoms with E-state index < -0.39 is 5.91 Å². The lowest BCUT2D eigenvalue weighted by Crippen LogP contribution is -2.20. The number of amides is 1.